The zero-order chi connectivity index (χ0) is 12.4. The van der Waals surface area contributed by atoms with E-state index >= 15 is 0 Å². The van der Waals surface area contributed by atoms with E-state index in [-0.39, 0.29) is 0 Å². The fraction of sp³-hybridized carbons (Fsp3) is 1.00. The normalized spacial score (nSPS) is 15.4. The zero-order valence-electron chi connectivity index (χ0n) is 11.9. The summed E-state index contributed by atoms with van der Waals surface area (Å²) < 4.78 is 0. The molecular formula is C14H31NS. The molecule has 0 saturated carbocycles. The first-order valence-electron chi connectivity index (χ1n) is 6.92. The largest absolute Gasteiger partial charge is 0.313 e. The van der Waals surface area contributed by atoms with Crippen LogP contribution in [0.4, 0.5) is 0 Å². The van der Waals surface area contributed by atoms with Crippen LogP contribution < -0.4 is 5.32 Å². The van der Waals surface area contributed by atoms with Gasteiger partial charge in [0.05, 0.1) is 0 Å². The highest BCUT2D eigenvalue weighted by atomic mass is 32.2. The van der Waals surface area contributed by atoms with Crippen LogP contribution >= 0.6 is 11.8 Å². The average Bonchev–Trinajstić information content (AvgIpc) is 2.22. The van der Waals surface area contributed by atoms with Gasteiger partial charge in [-0.15, -0.1) is 0 Å². The van der Waals surface area contributed by atoms with Crippen molar-refractivity contribution in [2.24, 2.45) is 11.8 Å². The maximum atomic E-state index is 3.71. The second kappa shape index (κ2) is 10.5. The Morgan fingerprint density at radius 1 is 1.00 bits per heavy atom. The van der Waals surface area contributed by atoms with Gasteiger partial charge in [0.25, 0.3) is 0 Å². The van der Waals surface area contributed by atoms with E-state index in [1.807, 2.05) is 0 Å². The van der Waals surface area contributed by atoms with Gasteiger partial charge in [-0.05, 0) is 37.0 Å². The van der Waals surface area contributed by atoms with E-state index in [1.165, 1.54) is 37.3 Å². The lowest BCUT2D eigenvalue weighted by Gasteiger charge is -2.25. The highest BCUT2D eigenvalue weighted by Crippen LogP contribution is 2.17. The lowest BCUT2D eigenvalue weighted by Crippen LogP contribution is -2.37. The van der Waals surface area contributed by atoms with Crippen molar-refractivity contribution >= 4 is 11.8 Å². The summed E-state index contributed by atoms with van der Waals surface area (Å²) in [5.74, 6) is 4.21. The summed E-state index contributed by atoms with van der Waals surface area (Å²) in [7, 11) is 0. The Bertz CT molecular complexity index is 148. The van der Waals surface area contributed by atoms with Crippen molar-refractivity contribution in [3.05, 3.63) is 0 Å². The van der Waals surface area contributed by atoms with Crippen LogP contribution in [0, 0.1) is 11.8 Å². The molecule has 0 fully saturated rings. The number of rotatable bonds is 10. The molecular weight excluding hydrogens is 214 g/mol. The molecule has 1 nitrogen and oxygen atoms in total. The highest BCUT2D eigenvalue weighted by Gasteiger charge is 2.15. The van der Waals surface area contributed by atoms with Crippen molar-refractivity contribution in [1.82, 2.24) is 5.32 Å². The van der Waals surface area contributed by atoms with Gasteiger partial charge in [-0.3, -0.25) is 0 Å². The fourth-order valence-electron chi connectivity index (χ4n) is 1.84. The van der Waals surface area contributed by atoms with E-state index < -0.39 is 0 Å². The minimum Gasteiger partial charge on any atom is -0.313 e. The summed E-state index contributed by atoms with van der Waals surface area (Å²) in [5.41, 5.74) is 0. The van der Waals surface area contributed by atoms with Crippen LogP contribution in [0.5, 0.6) is 0 Å². The van der Waals surface area contributed by atoms with Gasteiger partial charge in [0.2, 0.25) is 0 Å². The van der Waals surface area contributed by atoms with Crippen molar-refractivity contribution in [3.8, 4) is 0 Å². The highest BCUT2D eigenvalue weighted by molar-refractivity contribution is 7.99. The minimum absolute atomic E-state index is 0.712. The van der Waals surface area contributed by atoms with E-state index in [0.717, 1.165) is 11.8 Å². The quantitative estimate of drug-likeness (QED) is 0.619. The van der Waals surface area contributed by atoms with Crippen LogP contribution in [0.25, 0.3) is 0 Å². The van der Waals surface area contributed by atoms with Crippen LogP contribution in [0.2, 0.25) is 0 Å². The number of thioether (sulfide) groups is 1. The summed E-state index contributed by atoms with van der Waals surface area (Å²) in [4.78, 5) is 0. The maximum Gasteiger partial charge on any atom is 0.0183 e. The number of nitrogens with one attached hydrogen (secondary N) is 1. The molecule has 0 aliphatic carbocycles. The monoisotopic (exact) mass is 245 g/mol. The molecule has 0 amide bonds. The van der Waals surface area contributed by atoms with E-state index in [4.69, 9.17) is 0 Å². The Hall–Kier alpha value is 0.310. The summed E-state index contributed by atoms with van der Waals surface area (Å²) in [6.07, 6.45) is 3.90. The zero-order valence-corrected chi connectivity index (χ0v) is 12.7. The third-order valence-corrected chi connectivity index (χ3v) is 4.33. The van der Waals surface area contributed by atoms with Gasteiger partial charge >= 0.3 is 0 Å². The predicted molar refractivity (Wildman–Crippen MR) is 78.3 cm³/mol. The summed E-state index contributed by atoms with van der Waals surface area (Å²) in [6, 6.07) is 0.712. The molecule has 2 heteroatoms. The number of hydrogen-bond donors (Lipinski definition) is 1. The van der Waals surface area contributed by atoms with Crippen LogP contribution in [0.3, 0.4) is 0 Å². The molecule has 0 bridgehead atoms. The van der Waals surface area contributed by atoms with Gasteiger partial charge in [0, 0.05) is 11.8 Å². The lowest BCUT2D eigenvalue weighted by molar-refractivity contribution is 0.382. The summed E-state index contributed by atoms with van der Waals surface area (Å²) in [6.45, 7) is 12.7. The molecule has 0 radical (unpaired) electrons. The molecule has 0 aliphatic rings. The molecule has 0 aromatic rings. The smallest absolute Gasteiger partial charge is 0.0183 e. The Morgan fingerprint density at radius 2 is 1.69 bits per heavy atom. The molecule has 0 aliphatic heterocycles. The molecule has 0 aromatic carbocycles. The van der Waals surface area contributed by atoms with Crippen LogP contribution in [-0.4, -0.2) is 24.1 Å². The first kappa shape index (κ1) is 16.3. The molecule has 0 spiro atoms. The Labute approximate surface area is 107 Å². The first-order valence-corrected chi connectivity index (χ1v) is 8.08. The van der Waals surface area contributed by atoms with Gasteiger partial charge in [0.1, 0.15) is 0 Å². The molecule has 2 unspecified atom stereocenters. The van der Waals surface area contributed by atoms with E-state index in [1.54, 1.807) is 0 Å². The van der Waals surface area contributed by atoms with E-state index in [0.29, 0.717) is 6.04 Å². The van der Waals surface area contributed by atoms with Crippen LogP contribution in [0.15, 0.2) is 0 Å². The lowest BCUT2D eigenvalue weighted by atomic mass is 9.98. The molecule has 0 heterocycles. The Morgan fingerprint density at radius 3 is 2.19 bits per heavy atom. The van der Waals surface area contributed by atoms with Crippen molar-refractivity contribution < 1.29 is 0 Å². The molecule has 1 N–H and O–H groups in total. The van der Waals surface area contributed by atoms with Crippen molar-refractivity contribution in [2.75, 3.05) is 18.1 Å². The van der Waals surface area contributed by atoms with Crippen molar-refractivity contribution in [1.29, 1.82) is 0 Å². The topological polar surface area (TPSA) is 12.0 Å². The minimum atomic E-state index is 0.712. The average molecular weight is 245 g/mol. The predicted octanol–water partition coefficient (Wildman–Crippen LogP) is 4.18. The van der Waals surface area contributed by atoms with Gasteiger partial charge in [0.15, 0.2) is 0 Å². The summed E-state index contributed by atoms with van der Waals surface area (Å²) in [5, 5.41) is 3.71. The van der Waals surface area contributed by atoms with E-state index in [2.05, 4.69) is 51.7 Å². The Balaban J connectivity index is 3.88. The fourth-order valence-corrected chi connectivity index (χ4v) is 3.15. The van der Waals surface area contributed by atoms with Crippen molar-refractivity contribution in [2.45, 2.75) is 59.9 Å². The van der Waals surface area contributed by atoms with Gasteiger partial charge in [-0.1, -0.05) is 41.0 Å². The van der Waals surface area contributed by atoms with Crippen LogP contribution in [-0.2, 0) is 0 Å². The van der Waals surface area contributed by atoms with E-state index in [9.17, 15) is 0 Å². The van der Waals surface area contributed by atoms with Crippen molar-refractivity contribution in [3.63, 3.8) is 0 Å². The third kappa shape index (κ3) is 8.46. The second-order valence-electron chi connectivity index (χ2n) is 5.26. The second-order valence-corrected chi connectivity index (χ2v) is 6.33. The van der Waals surface area contributed by atoms with Crippen LogP contribution in [0.1, 0.15) is 53.9 Å². The third-order valence-electron chi connectivity index (χ3n) is 2.84. The molecule has 0 aromatic heterocycles. The number of hydrogen-bond acceptors (Lipinski definition) is 2. The first-order chi connectivity index (χ1) is 7.61. The maximum absolute atomic E-state index is 3.71. The molecule has 0 rings (SSSR count). The molecule has 16 heavy (non-hydrogen) atoms. The standard InChI is InChI=1S/C14H31NS/c1-6-8-13(5)14(15-9-7-2)11-16-10-12(3)4/h12-15H,6-11H2,1-5H3. The molecule has 2 atom stereocenters. The summed E-state index contributed by atoms with van der Waals surface area (Å²) >= 11 is 2.11. The molecule has 0 saturated heterocycles. The van der Waals surface area contributed by atoms with Gasteiger partial charge in [-0.2, -0.15) is 11.8 Å². The SMILES string of the molecule is CCCNC(CSCC(C)C)C(C)CCC. The van der Waals surface area contributed by atoms with Gasteiger partial charge in [-0.25, -0.2) is 0 Å². The molecule has 98 valence electrons. The Kier molecular flexibility index (Phi) is 10.7. The van der Waals surface area contributed by atoms with Gasteiger partial charge < -0.3 is 5.32 Å².